The summed E-state index contributed by atoms with van der Waals surface area (Å²) in [4.78, 5) is 40.0. The molecule has 0 spiro atoms. The minimum atomic E-state index is -0.962. The summed E-state index contributed by atoms with van der Waals surface area (Å²) in [5.41, 5.74) is 5.61. The predicted octanol–water partition coefficient (Wildman–Crippen LogP) is 5.23. The Morgan fingerprint density at radius 2 is 1.94 bits per heavy atom. The number of pyridine rings is 1. The van der Waals surface area contributed by atoms with Gasteiger partial charge in [0.15, 0.2) is 16.8 Å². The first-order chi connectivity index (χ1) is 23.7. The first-order valence-corrected chi connectivity index (χ1v) is 17.4. The molecule has 2 N–H and O–H groups in total. The number of thiazole rings is 2. The average Bonchev–Trinajstić information content (AvgIpc) is 3.89. The molecule has 5 aromatic rings. The van der Waals surface area contributed by atoms with Crippen molar-refractivity contribution in [2.24, 2.45) is 0 Å². The monoisotopic (exact) mass is 711 g/mol. The van der Waals surface area contributed by atoms with Gasteiger partial charge in [-0.25, -0.2) is 27.5 Å². The van der Waals surface area contributed by atoms with E-state index in [1.54, 1.807) is 5.38 Å². The van der Waals surface area contributed by atoms with Crippen molar-refractivity contribution >= 4 is 66.7 Å². The van der Waals surface area contributed by atoms with Crippen LogP contribution >= 0.6 is 22.7 Å². The lowest BCUT2D eigenvalue weighted by Gasteiger charge is -2.35. The third-order valence-electron chi connectivity index (χ3n) is 9.41. The molecule has 3 aliphatic rings. The van der Waals surface area contributed by atoms with Crippen molar-refractivity contribution in [3.05, 3.63) is 52.4 Å². The molecule has 11 nitrogen and oxygen atoms in total. The highest BCUT2D eigenvalue weighted by atomic mass is 32.1. The van der Waals surface area contributed by atoms with E-state index in [2.05, 4.69) is 29.8 Å². The molecular formula is C32H29F4N9O2S2. The number of piperazine rings is 1. The third-order valence-corrected chi connectivity index (χ3v) is 11.0. The number of hydrogen-bond donors (Lipinski definition) is 1. The molecule has 8 rings (SSSR count). The summed E-state index contributed by atoms with van der Waals surface area (Å²) in [6.45, 7) is 2.08. The van der Waals surface area contributed by atoms with Crippen molar-refractivity contribution in [3.63, 3.8) is 0 Å². The first kappa shape index (κ1) is 31.8. The van der Waals surface area contributed by atoms with Gasteiger partial charge >= 0.3 is 6.01 Å². The van der Waals surface area contributed by atoms with E-state index in [4.69, 9.17) is 10.5 Å². The van der Waals surface area contributed by atoms with E-state index >= 15 is 4.39 Å². The lowest BCUT2D eigenvalue weighted by atomic mass is 9.95. The number of halogens is 4. The summed E-state index contributed by atoms with van der Waals surface area (Å²) < 4.78 is 66.8. The van der Waals surface area contributed by atoms with Crippen molar-refractivity contribution < 1.29 is 27.1 Å². The van der Waals surface area contributed by atoms with Gasteiger partial charge < -0.3 is 20.3 Å². The molecule has 3 saturated heterocycles. The molecule has 49 heavy (non-hydrogen) atoms. The number of aromatic nitrogens is 5. The van der Waals surface area contributed by atoms with Gasteiger partial charge in [0.1, 0.15) is 40.6 Å². The van der Waals surface area contributed by atoms with Gasteiger partial charge in [-0.1, -0.05) is 11.3 Å². The van der Waals surface area contributed by atoms with Crippen LogP contribution in [0.3, 0.4) is 0 Å². The maximum atomic E-state index is 16.6. The predicted molar refractivity (Wildman–Crippen MR) is 179 cm³/mol. The number of rotatable bonds is 7. The fraction of sp³-hybridized carbons (Fsp3) is 0.375. The van der Waals surface area contributed by atoms with E-state index < -0.39 is 35.1 Å². The maximum absolute atomic E-state index is 16.6. The van der Waals surface area contributed by atoms with Crippen LogP contribution in [0.2, 0.25) is 0 Å². The van der Waals surface area contributed by atoms with E-state index in [0.717, 1.165) is 36.8 Å². The Bertz CT molecular complexity index is 2110. The van der Waals surface area contributed by atoms with Crippen molar-refractivity contribution in [2.75, 3.05) is 56.5 Å². The molecule has 0 bridgehead atoms. The average molecular weight is 712 g/mol. The van der Waals surface area contributed by atoms with Crippen LogP contribution in [-0.2, 0) is 4.79 Å². The topological polar surface area (TPSA) is 126 Å². The quantitative estimate of drug-likeness (QED) is 0.177. The highest BCUT2D eigenvalue weighted by molar-refractivity contribution is 7.22. The first-order valence-electron chi connectivity index (χ1n) is 15.7. The number of nitrogens with zero attached hydrogens (tertiary/aromatic N) is 8. The Labute approximate surface area is 285 Å². The summed E-state index contributed by atoms with van der Waals surface area (Å²) in [5.74, 6) is -2.67. The van der Waals surface area contributed by atoms with E-state index in [1.807, 2.05) is 4.90 Å². The van der Waals surface area contributed by atoms with Crippen LogP contribution in [0, 0.1) is 11.6 Å². The molecule has 17 heteroatoms. The third kappa shape index (κ3) is 5.72. The lowest BCUT2D eigenvalue weighted by molar-refractivity contribution is -0.128. The molecule has 4 aromatic heterocycles. The minimum absolute atomic E-state index is 0.0859. The molecule has 254 valence electrons. The molecule has 0 saturated carbocycles. The highest BCUT2D eigenvalue weighted by Crippen LogP contribution is 2.41. The maximum Gasteiger partial charge on any atom is 0.319 e. The Kier molecular flexibility index (Phi) is 8.07. The van der Waals surface area contributed by atoms with Gasteiger partial charge in [-0.3, -0.25) is 14.7 Å². The van der Waals surface area contributed by atoms with E-state index in [-0.39, 0.29) is 76.3 Å². The van der Waals surface area contributed by atoms with Crippen molar-refractivity contribution in [3.8, 4) is 17.3 Å². The number of alkyl halides is 1. The van der Waals surface area contributed by atoms with E-state index in [9.17, 15) is 18.0 Å². The highest BCUT2D eigenvalue weighted by Gasteiger charge is 2.49. The molecule has 3 aliphatic heterocycles. The molecule has 1 amide bonds. The van der Waals surface area contributed by atoms with Gasteiger partial charge in [0.05, 0.1) is 21.1 Å². The second-order valence-corrected chi connectivity index (χ2v) is 14.3. The van der Waals surface area contributed by atoms with Gasteiger partial charge in [0, 0.05) is 68.6 Å². The van der Waals surface area contributed by atoms with Gasteiger partial charge in [-0.05, 0) is 31.5 Å². The van der Waals surface area contributed by atoms with Crippen LogP contribution in [0.15, 0.2) is 35.7 Å². The summed E-state index contributed by atoms with van der Waals surface area (Å²) >= 11 is 2.17. The smallest absolute Gasteiger partial charge is 0.319 e. The number of ether oxygens (including phenoxy) is 1. The summed E-state index contributed by atoms with van der Waals surface area (Å²) in [6.07, 6.45) is 5.13. The number of anilines is 2. The van der Waals surface area contributed by atoms with Crippen LogP contribution in [0.25, 0.3) is 38.5 Å². The fourth-order valence-electron chi connectivity index (χ4n) is 7.09. The zero-order chi connectivity index (χ0) is 33.9. The van der Waals surface area contributed by atoms with Crippen molar-refractivity contribution in [2.45, 2.75) is 31.0 Å². The molecule has 0 aliphatic carbocycles. The Morgan fingerprint density at radius 1 is 1.10 bits per heavy atom. The Balaban J connectivity index is 1.14. The second-order valence-electron chi connectivity index (χ2n) is 12.3. The van der Waals surface area contributed by atoms with Crippen molar-refractivity contribution in [1.29, 1.82) is 0 Å². The van der Waals surface area contributed by atoms with Gasteiger partial charge in [0.2, 0.25) is 0 Å². The molecular weight excluding hydrogens is 683 g/mol. The summed E-state index contributed by atoms with van der Waals surface area (Å²) in [5, 5.41) is 2.49. The standard InChI is InChI=1S/C32H29F4N9O2S2/c33-17-13-32(4-1-6-45(32)15-17)16-47-31-41-25-19(14-39-24(23(25)36)18-2-3-20(34)27-26(18)40-30(37)49-27)28(42-31)43-7-9-44(10-8-43)29(46)21(35)12-22-38-5-11-48-22/h2-3,5,11-12,14,17H,1,4,6-10,13,15-16H2,(H2,37,40)/b21-12-/t17?,32-/m0/s1. The zero-order valence-corrected chi connectivity index (χ0v) is 27.5. The molecule has 2 atom stereocenters. The number of hydrogen-bond acceptors (Lipinski definition) is 12. The molecule has 1 aromatic carbocycles. The number of amides is 1. The van der Waals surface area contributed by atoms with Crippen LogP contribution in [0.1, 0.15) is 24.3 Å². The number of nitrogen functional groups attached to an aromatic ring is 1. The van der Waals surface area contributed by atoms with Crippen LogP contribution in [0.4, 0.5) is 28.5 Å². The molecule has 7 heterocycles. The number of fused-ring (bicyclic) bond motifs is 3. The number of nitrogens with two attached hydrogens (primary N) is 1. The van der Waals surface area contributed by atoms with Gasteiger partial charge in [0.25, 0.3) is 5.91 Å². The van der Waals surface area contributed by atoms with Gasteiger partial charge in [-0.15, -0.1) is 11.3 Å². The zero-order valence-electron chi connectivity index (χ0n) is 25.9. The Hall–Kier alpha value is -4.48. The lowest BCUT2D eigenvalue weighted by Crippen LogP contribution is -2.49. The molecule has 0 radical (unpaired) electrons. The number of carbonyl (C=O) groups is 1. The summed E-state index contributed by atoms with van der Waals surface area (Å²) in [7, 11) is 0. The minimum Gasteiger partial charge on any atom is -0.461 e. The largest absolute Gasteiger partial charge is 0.461 e. The fourth-order valence-corrected chi connectivity index (χ4v) is 8.41. The summed E-state index contributed by atoms with van der Waals surface area (Å²) in [6, 6.07) is 2.51. The van der Waals surface area contributed by atoms with Crippen LogP contribution in [-0.4, -0.2) is 98.2 Å². The molecule has 3 fully saturated rings. The number of benzene rings is 1. The molecule has 1 unspecified atom stereocenters. The van der Waals surface area contributed by atoms with Crippen LogP contribution in [0.5, 0.6) is 6.01 Å². The number of carbonyl (C=O) groups excluding carboxylic acids is 1. The van der Waals surface area contributed by atoms with E-state index in [0.29, 0.717) is 23.8 Å². The Morgan fingerprint density at radius 3 is 2.73 bits per heavy atom. The van der Waals surface area contributed by atoms with Crippen LogP contribution < -0.4 is 15.4 Å². The SMILES string of the molecule is Nc1nc2c(-c3ncc4c(N5CCN(C(=O)/C(F)=C/c6nccs6)CC5)nc(OC[C@@]56CCCN5CC(F)C6)nc4c3F)ccc(F)c2s1. The van der Waals surface area contributed by atoms with Crippen molar-refractivity contribution in [1.82, 2.24) is 34.7 Å². The normalized spacial score (nSPS) is 21.6. The van der Waals surface area contributed by atoms with E-state index in [1.165, 1.54) is 40.8 Å². The second kappa shape index (κ2) is 12.4. The van der Waals surface area contributed by atoms with Gasteiger partial charge in [-0.2, -0.15) is 9.97 Å².